The highest BCUT2D eigenvalue weighted by atomic mass is 19.1. The van der Waals surface area contributed by atoms with Gasteiger partial charge in [-0.2, -0.15) is 0 Å². The van der Waals surface area contributed by atoms with Gasteiger partial charge in [0.15, 0.2) is 5.76 Å². The number of likely N-dealkylation sites (tertiary alicyclic amines) is 1. The van der Waals surface area contributed by atoms with Crippen molar-refractivity contribution < 1.29 is 18.4 Å². The van der Waals surface area contributed by atoms with Gasteiger partial charge in [-0.3, -0.25) is 9.59 Å². The van der Waals surface area contributed by atoms with Crippen molar-refractivity contribution in [1.29, 1.82) is 0 Å². The Bertz CT molecular complexity index is 745. The number of benzene rings is 1. The third-order valence-corrected chi connectivity index (χ3v) is 4.53. The maximum absolute atomic E-state index is 13.9. The van der Waals surface area contributed by atoms with E-state index >= 15 is 0 Å². The lowest BCUT2D eigenvalue weighted by Crippen LogP contribution is -2.52. The third-order valence-electron chi connectivity index (χ3n) is 4.53. The lowest BCUT2D eigenvalue weighted by molar-refractivity contribution is -0.127. The summed E-state index contributed by atoms with van der Waals surface area (Å²) in [6, 6.07) is 8.54. The first-order valence-corrected chi connectivity index (χ1v) is 8.47. The lowest BCUT2D eigenvalue weighted by atomic mass is 10.00. The summed E-state index contributed by atoms with van der Waals surface area (Å²) in [6.07, 6.45) is 3.74. The van der Waals surface area contributed by atoms with Crippen LogP contribution in [0.1, 0.15) is 48.3 Å². The molecule has 3 rings (SSSR count). The van der Waals surface area contributed by atoms with Gasteiger partial charge in [0.05, 0.1) is 12.3 Å². The molecule has 25 heavy (non-hydrogen) atoms. The van der Waals surface area contributed by atoms with E-state index in [2.05, 4.69) is 5.32 Å². The fourth-order valence-electron chi connectivity index (χ4n) is 3.20. The fraction of sp³-hybridized carbons (Fsp3) is 0.368. The number of amides is 2. The summed E-state index contributed by atoms with van der Waals surface area (Å²) in [5.41, 5.74) is 0.426. The van der Waals surface area contributed by atoms with Gasteiger partial charge in [-0.15, -0.1) is 0 Å². The minimum Gasteiger partial charge on any atom is -0.459 e. The van der Waals surface area contributed by atoms with E-state index < -0.39 is 12.1 Å². The molecule has 1 fully saturated rings. The zero-order valence-corrected chi connectivity index (χ0v) is 14.1. The molecule has 2 amide bonds. The molecular weight excluding hydrogens is 323 g/mol. The highest BCUT2D eigenvalue weighted by Gasteiger charge is 2.34. The average molecular weight is 344 g/mol. The molecule has 2 heterocycles. The number of furan rings is 1. The second kappa shape index (κ2) is 7.51. The summed E-state index contributed by atoms with van der Waals surface area (Å²) >= 11 is 0. The van der Waals surface area contributed by atoms with Gasteiger partial charge in [-0.25, -0.2) is 4.39 Å². The van der Waals surface area contributed by atoms with Gasteiger partial charge in [0.25, 0.3) is 5.91 Å². The highest BCUT2D eigenvalue weighted by molar-refractivity contribution is 5.95. The standard InChI is InChI=1S/C19H21FN2O3/c1-13(14-7-2-3-8-15(14)20)21-18(23)16-9-4-5-11-22(16)19(24)17-10-6-12-25-17/h2-3,6-8,10,12-13,16H,4-5,9,11H2,1H3,(H,21,23)/t13-,16+/m1/s1. The van der Waals surface area contributed by atoms with Crippen LogP contribution in [-0.2, 0) is 4.79 Å². The molecule has 0 unspecified atom stereocenters. The molecule has 0 bridgehead atoms. The maximum Gasteiger partial charge on any atom is 0.290 e. The summed E-state index contributed by atoms with van der Waals surface area (Å²) in [4.78, 5) is 26.8. The molecule has 2 atom stereocenters. The van der Waals surface area contributed by atoms with E-state index in [9.17, 15) is 14.0 Å². The Kier molecular flexibility index (Phi) is 5.16. The molecule has 6 heteroatoms. The lowest BCUT2D eigenvalue weighted by Gasteiger charge is -2.34. The molecular formula is C19H21FN2O3. The molecule has 2 aromatic rings. The number of nitrogens with one attached hydrogen (secondary N) is 1. The summed E-state index contributed by atoms with van der Waals surface area (Å²) in [5.74, 6) is -0.692. The van der Waals surface area contributed by atoms with Gasteiger partial charge in [-0.05, 0) is 44.4 Å². The predicted molar refractivity (Wildman–Crippen MR) is 90.3 cm³/mol. The smallest absolute Gasteiger partial charge is 0.290 e. The third kappa shape index (κ3) is 3.73. The van der Waals surface area contributed by atoms with Crippen molar-refractivity contribution in [3.63, 3.8) is 0 Å². The molecule has 0 aliphatic carbocycles. The molecule has 1 aliphatic heterocycles. The van der Waals surface area contributed by atoms with Crippen molar-refractivity contribution in [2.45, 2.75) is 38.3 Å². The number of hydrogen-bond acceptors (Lipinski definition) is 3. The van der Waals surface area contributed by atoms with E-state index in [4.69, 9.17) is 4.42 Å². The predicted octanol–water partition coefficient (Wildman–Crippen LogP) is 3.29. The van der Waals surface area contributed by atoms with Crippen molar-refractivity contribution >= 4 is 11.8 Å². The number of piperidine rings is 1. The van der Waals surface area contributed by atoms with E-state index in [0.29, 0.717) is 18.5 Å². The Morgan fingerprint density at radius 2 is 2.04 bits per heavy atom. The largest absolute Gasteiger partial charge is 0.459 e. The molecule has 1 aromatic carbocycles. The Morgan fingerprint density at radius 1 is 1.24 bits per heavy atom. The zero-order chi connectivity index (χ0) is 17.8. The van der Waals surface area contributed by atoms with Crippen LogP contribution in [0.15, 0.2) is 47.1 Å². The molecule has 132 valence electrons. The summed E-state index contributed by atoms with van der Waals surface area (Å²) in [7, 11) is 0. The molecule has 0 saturated carbocycles. The van der Waals surface area contributed by atoms with Crippen LogP contribution < -0.4 is 5.32 Å². The van der Waals surface area contributed by atoms with Gasteiger partial charge in [0, 0.05) is 12.1 Å². The second-order valence-corrected chi connectivity index (χ2v) is 6.24. The van der Waals surface area contributed by atoms with Crippen LogP contribution >= 0.6 is 0 Å². The number of carbonyl (C=O) groups excluding carboxylic acids is 2. The van der Waals surface area contributed by atoms with E-state index in [1.54, 1.807) is 42.2 Å². The molecule has 0 spiro atoms. The fourth-order valence-corrected chi connectivity index (χ4v) is 3.20. The van der Waals surface area contributed by atoms with E-state index in [1.165, 1.54) is 12.3 Å². The number of halogens is 1. The molecule has 1 aliphatic rings. The van der Waals surface area contributed by atoms with Crippen molar-refractivity contribution in [2.75, 3.05) is 6.54 Å². The van der Waals surface area contributed by atoms with Crippen LogP contribution in [0.5, 0.6) is 0 Å². The van der Waals surface area contributed by atoms with Gasteiger partial charge in [0.1, 0.15) is 11.9 Å². The Labute approximate surface area is 145 Å². The topological polar surface area (TPSA) is 62.6 Å². The molecule has 1 N–H and O–H groups in total. The van der Waals surface area contributed by atoms with Crippen LogP contribution in [0.4, 0.5) is 4.39 Å². The van der Waals surface area contributed by atoms with Crippen LogP contribution in [-0.4, -0.2) is 29.3 Å². The van der Waals surface area contributed by atoms with Crippen LogP contribution in [0.3, 0.4) is 0 Å². The van der Waals surface area contributed by atoms with E-state index in [-0.39, 0.29) is 23.4 Å². The number of rotatable bonds is 4. The summed E-state index contributed by atoms with van der Waals surface area (Å²) in [6.45, 7) is 2.24. The quantitative estimate of drug-likeness (QED) is 0.926. The van der Waals surface area contributed by atoms with Crippen molar-refractivity contribution in [1.82, 2.24) is 10.2 Å². The number of carbonyl (C=O) groups is 2. The Hall–Kier alpha value is -2.63. The van der Waals surface area contributed by atoms with E-state index in [0.717, 1.165) is 12.8 Å². The van der Waals surface area contributed by atoms with Crippen molar-refractivity contribution in [2.24, 2.45) is 0 Å². The summed E-state index contributed by atoms with van der Waals surface area (Å²) < 4.78 is 19.1. The zero-order valence-electron chi connectivity index (χ0n) is 14.1. The first-order chi connectivity index (χ1) is 12.1. The molecule has 0 radical (unpaired) electrons. The van der Waals surface area contributed by atoms with Gasteiger partial charge in [-0.1, -0.05) is 18.2 Å². The van der Waals surface area contributed by atoms with Gasteiger partial charge < -0.3 is 14.6 Å². The minimum atomic E-state index is -0.569. The van der Waals surface area contributed by atoms with Crippen molar-refractivity contribution in [3.8, 4) is 0 Å². The van der Waals surface area contributed by atoms with Crippen molar-refractivity contribution in [3.05, 3.63) is 59.8 Å². The number of hydrogen-bond donors (Lipinski definition) is 1. The highest BCUT2D eigenvalue weighted by Crippen LogP contribution is 2.22. The SMILES string of the molecule is C[C@@H](NC(=O)[C@@H]1CCCCN1C(=O)c1ccco1)c1ccccc1F. The normalized spacial score (nSPS) is 18.6. The Balaban J connectivity index is 1.73. The second-order valence-electron chi connectivity index (χ2n) is 6.24. The van der Waals surface area contributed by atoms with Crippen LogP contribution in [0, 0.1) is 5.82 Å². The van der Waals surface area contributed by atoms with Crippen LogP contribution in [0.25, 0.3) is 0 Å². The summed E-state index contributed by atoms with van der Waals surface area (Å²) in [5, 5.41) is 2.83. The monoisotopic (exact) mass is 344 g/mol. The first kappa shape index (κ1) is 17.2. The minimum absolute atomic E-state index is 0.224. The van der Waals surface area contributed by atoms with E-state index in [1.807, 2.05) is 0 Å². The van der Waals surface area contributed by atoms with Gasteiger partial charge in [0.2, 0.25) is 5.91 Å². The van der Waals surface area contributed by atoms with Crippen LogP contribution in [0.2, 0.25) is 0 Å². The average Bonchev–Trinajstić information content (AvgIpc) is 3.16. The first-order valence-electron chi connectivity index (χ1n) is 8.47. The number of nitrogens with zero attached hydrogens (tertiary/aromatic N) is 1. The Morgan fingerprint density at radius 3 is 2.76 bits per heavy atom. The molecule has 1 saturated heterocycles. The molecule has 1 aromatic heterocycles. The maximum atomic E-state index is 13.9. The molecule has 5 nitrogen and oxygen atoms in total. The van der Waals surface area contributed by atoms with Gasteiger partial charge >= 0.3 is 0 Å².